The first-order valence-electron chi connectivity index (χ1n) is 6.69. The zero-order valence-electron chi connectivity index (χ0n) is 11.1. The van der Waals surface area contributed by atoms with Gasteiger partial charge in [0.1, 0.15) is 5.75 Å². The van der Waals surface area contributed by atoms with E-state index in [2.05, 4.69) is 26.6 Å². The molecule has 1 aliphatic rings. The maximum Gasteiger partial charge on any atom is 0.223 e. The van der Waals surface area contributed by atoms with Crippen molar-refractivity contribution in [3.05, 3.63) is 28.7 Å². The Morgan fingerprint density at radius 3 is 2.95 bits per heavy atom. The number of benzene rings is 1. The topological polar surface area (TPSA) is 70.6 Å². The quantitative estimate of drug-likeness (QED) is 0.718. The number of nitrogens with one attached hydrogen (secondary N) is 2. The van der Waals surface area contributed by atoms with Gasteiger partial charge in [0.05, 0.1) is 23.6 Å². The molecule has 1 amide bonds. The van der Waals surface area contributed by atoms with Gasteiger partial charge in [-0.3, -0.25) is 4.79 Å². The normalized spacial score (nSPS) is 21.7. The summed E-state index contributed by atoms with van der Waals surface area (Å²) in [5.41, 5.74) is 0. The summed E-state index contributed by atoms with van der Waals surface area (Å²) >= 11 is 3.39. The smallest absolute Gasteiger partial charge is 0.223 e. The highest BCUT2D eigenvalue weighted by molar-refractivity contribution is 9.10. The molecule has 1 aromatic carbocycles. The zero-order valence-corrected chi connectivity index (χ0v) is 12.7. The van der Waals surface area contributed by atoms with Gasteiger partial charge in [-0.25, -0.2) is 0 Å². The highest BCUT2D eigenvalue weighted by Crippen LogP contribution is 2.23. The van der Waals surface area contributed by atoms with Crippen LogP contribution >= 0.6 is 15.9 Å². The lowest BCUT2D eigenvalue weighted by molar-refractivity contribution is -0.121. The lowest BCUT2D eigenvalue weighted by Gasteiger charge is -2.14. The summed E-state index contributed by atoms with van der Waals surface area (Å²) in [5, 5.41) is 15.5. The Kier molecular flexibility index (Phi) is 5.82. The average Bonchev–Trinajstić information content (AvgIpc) is 2.84. The average molecular weight is 343 g/mol. The second-order valence-corrected chi connectivity index (χ2v) is 5.67. The lowest BCUT2D eigenvalue weighted by atomic mass is 10.1. The predicted octanol–water partition coefficient (Wildman–Crippen LogP) is 0.914. The van der Waals surface area contributed by atoms with Gasteiger partial charge in [-0.2, -0.15) is 0 Å². The fourth-order valence-electron chi connectivity index (χ4n) is 2.08. The Hall–Kier alpha value is -1.11. The number of carbonyl (C=O) groups excluding carboxylic acids is 1. The van der Waals surface area contributed by atoms with Gasteiger partial charge in [0.15, 0.2) is 0 Å². The number of para-hydroxylation sites is 1. The van der Waals surface area contributed by atoms with Gasteiger partial charge in [-0.05, 0) is 28.1 Å². The van der Waals surface area contributed by atoms with Crippen molar-refractivity contribution in [3.8, 4) is 5.75 Å². The van der Waals surface area contributed by atoms with E-state index in [0.717, 1.165) is 16.8 Å². The van der Waals surface area contributed by atoms with Crippen molar-refractivity contribution in [2.45, 2.75) is 12.5 Å². The van der Waals surface area contributed by atoms with Crippen molar-refractivity contribution < 1.29 is 14.6 Å². The maximum absolute atomic E-state index is 11.7. The molecule has 3 N–H and O–H groups in total. The minimum Gasteiger partial charge on any atom is -0.492 e. The monoisotopic (exact) mass is 342 g/mol. The highest BCUT2D eigenvalue weighted by Gasteiger charge is 2.24. The molecule has 1 saturated heterocycles. The van der Waals surface area contributed by atoms with Gasteiger partial charge < -0.3 is 20.5 Å². The molecule has 1 aliphatic heterocycles. The number of aliphatic hydroxyl groups excluding tert-OH is 1. The van der Waals surface area contributed by atoms with Crippen LogP contribution < -0.4 is 15.4 Å². The molecule has 0 aromatic heterocycles. The third-order valence-corrected chi connectivity index (χ3v) is 3.94. The third-order valence-electron chi connectivity index (χ3n) is 3.29. The summed E-state index contributed by atoms with van der Waals surface area (Å²) < 4.78 is 6.41. The fraction of sp³-hybridized carbons (Fsp3) is 0.500. The molecule has 0 bridgehead atoms. The second-order valence-electron chi connectivity index (χ2n) is 4.82. The molecule has 1 fully saturated rings. The second kappa shape index (κ2) is 7.61. The van der Waals surface area contributed by atoms with Crippen molar-refractivity contribution in [2.24, 2.45) is 5.92 Å². The highest BCUT2D eigenvalue weighted by atomic mass is 79.9. The molecule has 6 heteroatoms. The Labute approximate surface area is 126 Å². The van der Waals surface area contributed by atoms with Gasteiger partial charge >= 0.3 is 0 Å². The molecular weight excluding hydrogens is 324 g/mol. The number of carbonyl (C=O) groups is 1. The molecule has 0 saturated carbocycles. The van der Waals surface area contributed by atoms with E-state index in [4.69, 9.17) is 4.74 Å². The lowest BCUT2D eigenvalue weighted by Crippen LogP contribution is -2.34. The molecule has 0 radical (unpaired) electrons. The molecule has 2 atom stereocenters. The van der Waals surface area contributed by atoms with Crippen LogP contribution in [0.4, 0.5) is 0 Å². The first kappa shape index (κ1) is 15.3. The molecule has 110 valence electrons. The van der Waals surface area contributed by atoms with E-state index in [1.54, 1.807) is 0 Å². The van der Waals surface area contributed by atoms with Crippen LogP contribution in [-0.4, -0.2) is 43.4 Å². The SMILES string of the molecule is O=C(CCOc1ccccc1Br)NCC1CNCC1O. The Bertz CT molecular complexity index is 456. The fourth-order valence-corrected chi connectivity index (χ4v) is 2.48. The van der Waals surface area contributed by atoms with E-state index in [1.807, 2.05) is 24.3 Å². The Morgan fingerprint density at radius 2 is 2.25 bits per heavy atom. The van der Waals surface area contributed by atoms with Gasteiger partial charge in [0.2, 0.25) is 5.91 Å². The molecule has 1 aromatic rings. The number of halogens is 1. The van der Waals surface area contributed by atoms with Crippen molar-refractivity contribution in [1.82, 2.24) is 10.6 Å². The summed E-state index contributed by atoms with van der Waals surface area (Å²) in [6.45, 7) is 2.18. The largest absolute Gasteiger partial charge is 0.492 e. The third kappa shape index (κ3) is 4.47. The van der Waals surface area contributed by atoms with E-state index >= 15 is 0 Å². The summed E-state index contributed by atoms with van der Waals surface area (Å²) in [5.74, 6) is 0.773. The molecule has 0 spiro atoms. The molecule has 20 heavy (non-hydrogen) atoms. The first-order chi connectivity index (χ1) is 9.66. The number of rotatable bonds is 6. The summed E-state index contributed by atoms with van der Waals surface area (Å²) in [6, 6.07) is 7.53. The van der Waals surface area contributed by atoms with Gasteiger partial charge in [0, 0.05) is 25.6 Å². The standard InChI is InChI=1S/C14H19BrN2O3/c15-11-3-1-2-4-13(11)20-6-5-14(19)17-8-10-7-16-9-12(10)18/h1-4,10,12,16,18H,5-9H2,(H,17,19). The zero-order chi connectivity index (χ0) is 14.4. The van der Waals surface area contributed by atoms with E-state index in [0.29, 0.717) is 26.1 Å². The van der Waals surface area contributed by atoms with E-state index < -0.39 is 0 Å². The number of hydrogen-bond acceptors (Lipinski definition) is 4. The van der Waals surface area contributed by atoms with Crippen LogP contribution in [0.3, 0.4) is 0 Å². The van der Waals surface area contributed by atoms with E-state index in [9.17, 15) is 9.90 Å². The van der Waals surface area contributed by atoms with Crippen LogP contribution in [-0.2, 0) is 4.79 Å². The van der Waals surface area contributed by atoms with Crippen LogP contribution in [0.25, 0.3) is 0 Å². The number of aliphatic hydroxyl groups is 1. The number of ether oxygens (including phenoxy) is 1. The molecular formula is C14H19BrN2O3. The van der Waals surface area contributed by atoms with E-state index in [-0.39, 0.29) is 17.9 Å². The van der Waals surface area contributed by atoms with Crippen LogP contribution in [0.5, 0.6) is 5.75 Å². The van der Waals surface area contributed by atoms with Crippen LogP contribution in [0.15, 0.2) is 28.7 Å². The summed E-state index contributed by atoms with van der Waals surface area (Å²) in [4.78, 5) is 11.7. The summed E-state index contributed by atoms with van der Waals surface area (Å²) in [7, 11) is 0. The van der Waals surface area contributed by atoms with Gasteiger partial charge in [0.25, 0.3) is 0 Å². The van der Waals surface area contributed by atoms with Crippen molar-refractivity contribution in [2.75, 3.05) is 26.2 Å². The Balaban J connectivity index is 1.64. The van der Waals surface area contributed by atoms with Gasteiger partial charge in [-0.1, -0.05) is 12.1 Å². The molecule has 2 rings (SSSR count). The van der Waals surface area contributed by atoms with Crippen LogP contribution in [0.2, 0.25) is 0 Å². The molecule has 5 nitrogen and oxygen atoms in total. The van der Waals surface area contributed by atoms with Gasteiger partial charge in [-0.15, -0.1) is 0 Å². The van der Waals surface area contributed by atoms with Crippen molar-refractivity contribution in [3.63, 3.8) is 0 Å². The van der Waals surface area contributed by atoms with E-state index in [1.165, 1.54) is 0 Å². The van der Waals surface area contributed by atoms with Crippen LogP contribution in [0, 0.1) is 5.92 Å². The number of hydrogen-bond donors (Lipinski definition) is 3. The Morgan fingerprint density at radius 1 is 1.45 bits per heavy atom. The number of amides is 1. The minimum absolute atomic E-state index is 0.0591. The molecule has 1 heterocycles. The van der Waals surface area contributed by atoms with Crippen molar-refractivity contribution >= 4 is 21.8 Å². The maximum atomic E-state index is 11.7. The minimum atomic E-state index is -0.369. The van der Waals surface area contributed by atoms with Crippen LogP contribution in [0.1, 0.15) is 6.42 Å². The first-order valence-corrected chi connectivity index (χ1v) is 7.49. The summed E-state index contributed by atoms with van der Waals surface area (Å²) in [6.07, 6.45) is -0.0655. The molecule has 0 aliphatic carbocycles. The predicted molar refractivity (Wildman–Crippen MR) is 79.6 cm³/mol. The number of β-amino-alcohol motifs (C(OH)–C–C–N with tert-alkyl or cyclic N) is 1. The van der Waals surface area contributed by atoms with Crippen molar-refractivity contribution in [1.29, 1.82) is 0 Å². The molecule has 2 unspecified atom stereocenters.